The SMILES string of the molecule is CC(C)c1ncc(C(=O)NCC2(O)CCCN(c3cnccn3)C2)cn1. The van der Waals surface area contributed by atoms with Gasteiger partial charge in [0.15, 0.2) is 0 Å². The van der Waals surface area contributed by atoms with E-state index in [2.05, 4.69) is 25.3 Å². The summed E-state index contributed by atoms with van der Waals surface area (Å²) in [6.45, 7) is 5.36. The summed E-state index contributed by atoms with van der Waals surface area (Å²) < 4.78 is 0. The summed E-state index contributed by atoms with van der Waals surface area (Å²) >= 11 is 0. The first kappa shape index (κ1) is 18.2. The van der Waals surface area contributed by atoms with Crippen LogP contribution in [0.15, 0.2) is 31.0 Å². The lowest BCUT2D eigenvalue weighted by Gasteiger charge is -2.39. The van der Waals surface area contributed by atoms with E-state index >= 15 is 0 Å². The van der Waals surface area contributed by atoms with Crippen LogP contribution in [0.4, 0.5) is 5.82 Å². The Morgan fingerprint density at radius 2 is 2.04 bits per heavy atom. The molecule has 3 rings (SSSR count). The van der Waals surface area contributed by atoms with Crippen molar-refractivity contribution in [2.24, 2.45) is 0 Å². The predicted molar refractivity (Wildman–Crippen MR) is 96.9 cm³/mol. The molecule has 1 amide bonds. The summed E-state index contributed by atoms with van der Waals surface area (Å²) in [6.07, 6.45) is 9.40. The molecule has 0 spiro atoms. The number of hydrogen-bond acceptors (Lipinski definition) is 7. The Morgan fingerprint density at radius 1 is 1.27 bits per heavy atom. The van der Waals surface area contributed by atoms with Crippen LogP contribution in [-0.2, 0) is 0 Å². The normalized spacial score (nSPS) is 20.2. The number of carbonyl (C=O) groups excluding carboxylic acids is 1. The van der Waals surface area contributed by atoms with E-state index in [1.165, 1.54) is 12.4 Å². The van der Waals surface area contributed by atoms with Crippen molar-refractivity contribution in [3.8, 4) is 0 Å². The third-order valence-electron chi connectivity index (χ3n) is 4.46. The second-order valence-corrected chi connectivity index (χ2v) is 6.98. The number of nitrogens with one attached hydrogen (secondary N) is 1. The number of nitrogens with zero attached hydrogens (tertiary/aromatic N) is 5. The number of amides is 1. The summed E-state index contributed by atoms with van der Waals surface area (Å²) in [4.78, 5) is 31.1. The third kappa shape index (κ3) is 4.32. The molecule has 1 aliphatic heterocycles. The van der Waals surface area contributed by atoms with Gasteiger partial charge in [0.05, 0.1) is 17.4 Å². The molecule has 26 heavy (non-hydrogen) atoms. The Bertz CT molecular complexity index is 737. The van der Waals surface area contributed by atoms with E-state index in [-0.39, 0.29) is 18.4 Å². The van der Waals surface area contributed by atoms with Gasteiger partial charge < -0.3 is 15.3 Å². The Hall–Kier alpha value is -2.61. The van der Waals surface area contributed by atoms with Crippen molar-refractivity contribution in [3.63, 3.8) is 0 Å². The molecule has 0 saturated carbocycles. The van der Waals surface area contributed by atoms with Crippen molar-refractivity contribution < 1.29 is 9.90 Å². The molecule has 1 fully saturated rings. The highest BCUT2D eigenvalue weighted by Crippen LogP contribution is 2.24. The molecule has 2 aromatic rings. The molecule has 1 unspecified atom stereocenters. The molecule has 2 N–H and O–H groups in total. The molecule has 2 aromatic heterocycles. The van der Waals surface area contributed by atoms with E-state index in [0.717, 1.165) is 18.8 Å². The fourth-order valence-corrected chi connectivity index (χ4v) is 3.01. The van der Waals surface area contributed by atoms with Crippen molar-refractivity contribution >= 4 is 11.7 Å². The molecule has 1 saturated heterocycles. The topological polar surface area (TPSA) is 104 Å². The first-order valence-corrected chi connectivity index (χ1v) is 8.80. The fourth-order valence-electron chi connectivity index (χ4n) is 3.01. The number of anilines is 1. The average Bonchev–Trinajstić information content (AvgIpc) is 2.67. The monoisotopic (exact) mass is 356 g/mol. The van der Waals surface area contributed by atoms with Crippen molar-refractivity contribution in [1.29, 1.82) is 0 Å². The molecule has 1 atom stereocenters. The number of carbonyl (C=O) groups is 1. The molecule has 138 valence electrons. The van der Waals surface area contributed by atoms with Crippen LogP contribution in [0.25, 0.3) is 0 Å². The third-order valence-corrected chi connectivity index (χ3v) is 4.46. The van der Waals surface area contributed by atoms with Gasteiger partial charge in [-0.05, 0) is 12.8 Å². The molecule has 8 nitrogen and oxygen atoms in total. The zero-order valence-electron chi connectivity index (χ0n) is 15.1. The number of β-amino-alcohol motifs (C(OH)–C–C–N with tert-alkyl or cyclic N) is 1. The summed E-state index contributed by atoms with van der Waals surface area (Å²) in [5.41, 5.74) is -0.621. The van der Waals surface area contributed by atoms with Crippen LogP contribution < -0.4 is 10.2 Å². The van der Waals surface area contributed by atoms with E-state index < -0.39 is 5.60 Å². The molecular formula is C18H24N6O2. The average molecular weight is 356 g/mol. The standard InChI is InChI=1S/C18H24N6O2/c1-13(2)16-21-8-14(9-22-16)17(25)23-11-18(26)4-3-7-24(12-18)15-10-19-5-6-20-15/h5-6,8-10,13,26H,3-4,7,11-12H2,1-2H3,(H,23,25). The largest absolute Gasteiger partial charge is 0.386 e. The Balaban J connectivity index is 1.60. The van der Waals surface area contributed by atoms with Gasteiger partial charge in [-0.2, -0.15) is 0 Å². The van der Waals surface area contributed by atoms with Crippen LogP contribution in [0.2, 0.25) is 0 Å². The molecule has 0 aliphatic carbocycles. The van der Waals surface area contributed by atoms with Gasteiger partial charge in [-0.25, -0.2) is 15.0 Å². The maximum Gasteiger partial charge on any atom is 0.254 e. The van der Waals surface area contributed by atoms with Gasteiger partial charge >= 0.3 is 0 Å². The van der Waals surface area contributed by atoms with Gasteiger partial charge in [-0.1, -0.05) is 13.8 Å². The summed E-state index contributed by atoms with van der Waals surface area (Å²) in [5.74, 6) is 1.36. The summed E-state index contributed by atoms with van der Waals surface area (Å²) in [6, 6.07) is 0. The highest BCUT2D eigenvalue weighted by atomic mass is 16.3. The fraction of sp³-hybridized carbons (Fsp3) is 0.500. The zero-order valence-corrected chi connectivity index (χ0v) is 15.1. The number of hydrogen-bond donors (Lipinski definition) is 2. The van der Waals surface area contributed by atoms with Gasteiger partial charge in [0.25, 0.3) is 5.91 Å². The van der Waals surface area contributed by atoms with Crippen molar-refractivity contribution in [2.45, 2.75) is 38.2 Å². The molecule has 0 radical (unpaired) electrons. The van der Waals surface area contributed by atoms with E-state index in [4.69, 9.17) is 0 Å². The van der Waals surface area contributed by atoms with Crippen molar-refractivity contribution in [2.75, 3.05) is 24.5 Å². The van der Waals surface area contributed by atoms with E-state index in [0.29, 0.717) is 24.4 Å². The van der Waals surface area contributed by atoms with E-state index in [1.807, 2.05) is 18.7 Å². The quantitative estimate of drug-likeness (QED) is 0.828. The van der Waals surface area contributed by atoms with Gasteiger partial charge in [0.2, 0.25) is 0 Å². The maximum absolute atomic E-state index is 12.3. The first-order valence-electron chi connectivity index (χ1n) is 8.80. The second kappa shape index (κ2) is 7.74. The van der Waals surface area contributed by atoms with E-state index in [9.17, 15) is 9.90 Å². The molecule has 3 heterocycles. The van der Waals surface area contributed by atoms with Crippen LogP contribution in [-0.4, -0.2) is 56.2 Å². The maximum atomic E-state index is 12.3. The minimum absolute atomic E-state index is 0.161. The Labute approximate surface area is 152 Å². The van der Waals surface area contributed by atoms with Gasteiger partial charge in [0.1, 0.15) is 11.6 Å². The van der Waals surface area contributed by atoms with E-state index in [1.54, 1.807) is 18.6 Å². The lowest BCUT2D eigenvalue weighted by atomic mass is 9.92. The molecule has 0 aromatic carbocycles. The number of piperidine rings is 1. The van der Waals surface area contributed by atoms with Crippen LogP contribution in [0, 0.1) is 0 Å². The van der Waals surface area contributed by atoms with Crippen LogP contribution in [0.1, 0.15) is 48.8 Å². The first-order chi connectivity index (χ1) is 12.5. The second-order valence-electron chi connectivity index (χ2n) is 6.98. The zero-order chi connectivity index (χ0) is 18.6. The Kier molecular flexibility index (Phi) is 5.41. The van der Waals surface area contributed by atoms with Gasteiger partial charge in [0, 0.05) is 50.3 Å². The minimum atomic E-state index is -1.01. The molecular weight excluding hydrogens is 332 g/mol. The Morgan fingerprint density at radius 3 is 2.69 bits per heavy atom. The van der Waals surface area contributed by atoms with Crippen molar-refractivity contribution in [1.82, 2.24) is 25.3 Å². The summed E-state index contributed by atoms with van der Waals surface area (Å²) in [7, 11) is 0. The minimum Gasteiger partial charge on any atom is -0.386 e. The molecule has 8 heteroatoms. The van der Waals surface area contributed by atoms with Crippen LogP contribution >= 0.6 is 0 Å². The highest BCUT2D eigenvalue weighted by molar-refractivity contribution is 5.93. The smallest absolute Gasteiger partial charge is 0.254 e. The van der Waals surface area contributed by atoms with Crippen molar-refractivity contribution in [3.05, 3.63) is 42.4 Å². The van der Waals surface area contributed by atoms with Gasteiger partial charge in [-0.15, -0.1) is 0 Å². The highest BCUT2D eigenvalue weighted by Gasteiger charge is 2.34. The van der Waals surface area contributed by atoms with Crippen LogP contribution in [0.3, 0.4) is 0 Å². The molecule has 1 aliphatic rings. The lowest BCUT2D eigenvalue weighted by molar-refractivity contribution is 0.0254. The number of rotatable bonds is 5. The van der Waals surface area contributed by atoms with Gasteiger partial charge in [-0.3, -0.25) is 9.78 Å². The summed E-state index contributed by atoms with van der Waals surface area (Å²) in [5, 5.41) is 13.7. The number of aliphatic hydroxyl groups is 1. The molecule has 0 bridgehead atoms. The number of aromatic nitrogens is 4. The van der Waals surface area contributed by atoms with Crippen LogP contribution in [0.5, 0.6) is 0 Å². The lowest BCUT2D eigenvalue weighted by Crippen LogP contribution is -2.54. The predicted octanol–water partition coefficient (Wildman–Crippen LogP) is 1.15.